The molecule has 0 aliphatic heterocycles. The Kier molecular flexibility index (Phi) is 9.71. The third kappa shape index (κ3) is 8.37. The smallest absolute Gasteiger partial charge is 0.362 e. The monoisotopic (exact) mass is 348 g/mol. The van der Waals surface area contributed by atoms with E-state index in [9.17, 15) is 4.79 Å². The summed E-state index contributed by atoms with van der Waals surface area (Å²) < 4.78 is 6.60. The van der Waals surface area contributed by atoms with Crippen molar-refractivity contribution in [1.29, 1.82) is 0 Å². The molecule has 0 aromatic rings. The average molecular weight is 349 g/mol. The van der Waals surface area contributed by atoms with Gasteiger partial charge in [0.1, 0.15) is 6.10 Å². The minimum Gasteiger partial charge on any atom is -1.00 e. The molecule has 3 atom stereocenters. The number of hydrogen-bond acceptors (Lipinski definition) is 3. The molecule has 0 aromatic heterocycles. The van der Waals surface area contributed by atoms with Crippen LogP contribution in [-0.2, 0) is 9.53 Å². The predicted octanol–water partition coefficient (Wildman–Crippen LogP) is -0.368. The zero-order chi connectivity index (χ0) is 16.9. The zero-order valence-corrected chi connectivity index (χ0v) is 16.9. The SMILES string of the molecule is CC1CCC(C(C)C)C(OC(=O)C[N+](C)(C)CCN(C)C)C1.[Cl-]. The van der Waals surface area contributed by atoms with E-state index in [0.717, 1.165) is 19.5 Å². The fraction of sp³-hybridized carbons (Fsp3) is 0.944. The summed E-state index contributed by atoms with van der Waals surface area (Å²) in [6, 6.07) is 0. The number of carbonyl (C=O) groups is 1. The predicted molar refractivity (Wildman–Crippen MR) is 91.6 cm³/mol. The molecule has 0 N–H and O–H groups in total. The summed E-state index contributed by atoms with van der Waals surface area (Å²) in [6.45, 7) is 9.17. The van der Waals surface area contributed by atoms with Crippen molar-refractivity contribution in [2.24, 2.45) is 17.8 Å². The van der Waals surface area contributed by atoms with E-state index < -0.39 is 0 Å². The largest absolute Gasteiger partial charge is 1.00 e. The summed E-state index contributed by atoms with van der Waals surface area (Å²) in [6.07, 6.45) is 3.60. The number of quaternary nitrogens is 1. The molecule has 1 aliphatic carbocycles. The van der Waals surface area contributed by atoms with Gasteiger partial charge in [-0.25, -0.2) is 4.79 Å². The van der Waals surface area contributed by atoms with Gasteiger partial charge in [-0.1, -0.05) is 27.2 Å². The molecule has 3 unspecified atom stereocenters. The zero-order valence-electron chi connectivity index (χ0n) is 16.1. The summed E-state index contributed by atoms with van der Waals surface area (Å²) in [5.74, 6) is 1.75. The van der Waals surface area contributed by atoms with Gasteiger partial charge in [0.15, 0.2) is 6.54 Å². The maximum atomic E-state index is 12.4. The molecule has 1 saturated carbocycles. The quantitative estimate of drug-likeness (QED) is 0.464. The van der Waals surface area contributed by atoms with Gasteiger partial charge in [0, 0.05) is 6.54 Å². The van der Waals surface area contributed by atoms with Crippen LogP contribution in [0.1, 0.15) is 40.0 Å². The van der Waals surface area contributed by atoms with E-state index in [-0.39, 0.29) is 24.5 Å². The van der Waals surface area contributed by atoms with Gasteiger partial charge in [0.2, 0.25) is 0 Å². The Hall–Kier alpha value is -0.320. The fourth-order valence-corrected chi connectivity index (χ4v) is 3.36. The number of ether oxygens (including phenoxy) is 1. The fourth-order valence-electron chi connectivity index (χ4n) is 3.36. The molecular weight excluding hydrogens is 312 g/mol. The Morgan fingerprint density at radius 1 is 1.26 bits per heavy atom. The number of rotatable bonds is 7. The molecule has 0 aromatic carbocycles. The van der Waals surface area contributed by atoms with E-state index in [1.165, 1.54) is 12.8 Å². The first-order valence-electron chi connectivity index (χ1n) is 8.77. The van der Waals surface area contributed by atoms with Crippen molar-refractivity contribution >= 4 is 5.97 Å². The molecule has 4 nitrogen and oxygen atoms in total. The molecule has 1 rings (SSSR count). The highest BCUT2D eigenvalue weighted by Gasteiger charge is 2.34. The van der Waals surface area contributed by atoms with Gasteiger partial charge in [0.05, 0.1) is 20.6 Å². The van der Waals surface area contributed by atoms with Crippen molar-refractivity contribution in [2.75, 3.05) is 47.8 Å². The second-order valence-electron chi connectivity index (χ2n) is 8.48. The second-order valence-corrected chi connectivity index (χ2v) is 8.48. The van der Waals surface area contributed by atoms with Crippen LogP contribution >= 0.6 is 0 Å². The summed E-state index contributed by atoms with van der Waals surface area (Å²) >= 11 is 0. The average Bonchev–Trinajstić information content (AvgIpc) is 2.35. The maximum absolute atomic E-state index is 12.4. The van der Waals surface area contributed by atoms with Gasteiger partial charge in [0.25, 0.3) is 0 Å². The van der Waals surface area contributed by atoms with Crippen molar-refractivity contribution in [1.82, 2.24) is 4.90 Å². The van der Waals surface area contributed by atoms with Gasteiger partial charge >= 0.3 is 5.97 Å². The standard InChI is InChI=1S/C18H37N2O2.ClH/c1-14(2)16-9-8-15(3)12-17(16)22-18(21)13-20(6,7)11-10-19(4)5;/h14-17H,8-13H2,1-7H3;1H/q+1;/p-1. The van der Waals surface area contributed by atoms with Gasteiger partial charge in [-0.2, -0.15) is 0 Å². The second kappa shape index (κ2) is 9.85. The van der Waals surface area contributed by atoms with Gasteiger partial charge in [-0.15, -0.1) is 0 Å². The van der Waals surface area contributed by atoms with Gasteiger partial charge in [-0.3, -0.25) is 0 Å². The highest BCUT2D eigenvalue weighted by Crippen LogP contribution is 2.35. The molecule has 0 heterocycles. The van der Waals surface area contributed by atoms with Crippen molar-refractivity contribution in [2.45, 2.75) is 46.1 Å². The van der Waals surface area contributed by atoms with Crippen molar-refractivity contribution in [3.8, 4) is 0 Å². The van der Waals surface area contributed by atoms with E-state index in [2.05, 4.69) is 53.9 Å². The van der Waals surface area contributed by atoms with Crippen LogP contribution in [0.3, 0.4) is 0 Å². The number of esters is 1. The van der Waals surface area contributed by atoms with Gasteiger partial charge in [-0.05, 0) is 44.7 Å². The van der Waals surface area contributed by atoms with Crippen molar-refractivity contribution < 1.29 is 26.4 Å². The molecular formula is C18H37ClN2O2. The number of nitrogens with zero attached hydrogens (tertiary/aromatic N) is 2. The topological polar surface area (TPSA) is 29.5 Å². The lowest BCUT2D eigenvalue weighted by atomic mass is 9.75. The van der Waals surface area contributed by atoms with Crippen molar-refractivity contribution in [3.05, 3.63) is 0 Å². The van der Waals surface area contributed by atoms with E-state index in [0.29, 0.717) is 28.8 Å². The Balaban J connectivity index is 0.00000484. The minimum atomic E-state index is -0.0338. The maximum Gasteiger partial charge on any atom is 0.362 e. The third-order valence-electron chi connectivity index (χ3n) is 4.95. The molecule has 0 bridgehead atoms. The summed E-state index contributed by atoms with van der Waals surface area (Å²) in [5, 5.41) is 0. The highest BCUT2D eigenvalue weighted by atomic mass is 35.5. The summed E-state index contributed by atoms with van der Waals surface area (Å²) in [5.41, 5.74) is 0. The highest BCUT2D eigenvalue weighted by molar-refractivity contribution is 5.70. The molecule has 23 heavy (non-hydrogen) atoms. The Labute approximate surface area is 149 Å². The van der Waals surface area contributed by atoms with E-state index in [1.807, 2.05) is 0 Å². The van der Waals surface area contributed by atoms with Crippen molar-refractivity contribution in [3.63, 3.8) is 0 Å². The first-order chi connectivity index (χ1) is 10.1. The van der Waals surface area contributed by atoms with Crippen LogP contribution in [0.5, 0.6) is 0 Å². The number of halogens is 1. The molecule has 1 aliphatic rings. The van der Waals surface area contributed by atoms with E-state index >= 15 is 0 Å². The minimum absolute atomic E-state index is 0. The molecule has 0 spiro atoms. The lowest BCUT2D eigenvalue weighted by Gasteiger charge is -2.37. The molecule has 138 valence electrons. The molecule has 1 fully saturated rings. The first kappa shape index (κ1) is 22.7. The van der Waals surface area contributed by atoms with Crippen LogP contribution in [0.2, 0.25) is 0 Å². The first-order valence-corrected chi connectivity index (χ1v) is 8.77. The molecule has 0 radical (unpaired) electrons. The number of hydrogen-bond donors (Lipinski definition) is 0. The summed E-state index contributed by atoms with van der Waals surface area (Å²) in [4.78, 5) is 14.6. The molecule has 5 heteroatoms. The lowest BCUT2D eigenvalue weighted by Crippen LogP contribution is -3.00. The van der Waals surface area contributed by atoms with Gasteiger partial charge < -0.3 is 26.5 Å². The van der Waals surface area contributed by atoms with Crippen LogP contribution in [0.15, 0.2) is 0 Å². The Morgan fingerprint density at radius 2 is 1.87 bits per heavy atom. The van der Waals surface area contributed by atoms with Crippen LogP contribution in [-0.4, -0.2) is 69.3 Å². The lowest BCUT2D eigenvalue weighted by molar-refractivity contribution is -0.882. The number of carbonyl (C=O) groups excluding carboxylic acids is 1. The van der Waals surface area contributed by atoms with Crippen LogP contribution in [0.4, 0.5) is 0 Å². The van der Waals surface area contributed by atoms with E-state index in [4.69, 9.17) is 4.74 Å². The number of likely N-dealkylation sites (N-methyl/N-ethyl adjacent to an activating group) is 2. The summed E-state index contributed by atoms with van der Waals surface area (Å²) in [7, 11) is 8.34. The third-order valence-corrected chi connectivity index (χ3v) is 4.95. The van der Waals surface area contributed by atoms with Crippen LogP contribution in [0.25, 0.3) is 0 Å². The van der Waals surface area contributed by atoms with E-state index in [1.54, 1.807) is 0 Å². The Morgan fingerprint density at radius 3 is 2.39 bits per heavy atom. The van der Waals surface area contributed by atoms with Crippen LogP contribution in [0, 0.1) is 17.8 Å². The molecule has 0 amide bonds. The Bertz CT molecular complexity index is 359. The molecule has 0 saturated heterocycles. The normalized spacial score (nSPS) is 25.3. The van der Waals surface area contributed by atoms with Crippen LogP contribution < -0.4 is 12.4 Å².